The van der Waals surface area contributed by atoms with Crippen molar-refractivity contribution in [3.8, 4) is 0 Å². The number of aromatic nitrogens is 2. The number of carbonyl (C=O) groups excluding carboxylic acids is 1. The normalized spacial score (nSPS) is 10.4. The van der Waals surface area contributed by atoms with Gasteiger partial charge in [-0.3, -0.25) is 4.79 Å². The third-order valence-corrected chi connectivity index (χ3v) is 3.55. The molecular formula is C16H18ClFN4O. The third kappa shape index (κ3) is 4.63. The Hall–Kier alpha value is -2.21. The van der Waals surface area contributed by atoms with Crippen LogP contribution in [-0.2, 0) is 0 Å². The largest absolute Gasteiger partial charge is 0.340 e. The van der Waals surface area contributed by atoms with E-state index in [-0.39, 0.29) is 16.6 Å². The van der Waals surface area contributed by atoms with Crippen molar-refractivity contribution in [3.63, 3.8) is 0 Å². The minimum atomic E-state index is -0.487. The molecule has 0 radical (unpaired) electrons. The molecule has 5 nitrogen and oxygen atoms in total. The van der Waals surface area contributed by atoms with Crippen molar-refractivity contribution in [1.29, 1.82) is 0 Å². The van der Waals surface area contributed by atoms with E-state index in [0.717, 1.165) is 12.8 Å². The minimum absolute atomic E-state index is 0.0207. The first-order chi connectivity index (χ1) is 11.0. The van der Waals surface area contributed by atoms with Crippen LogP contribution in [0.25, 0.3) is 0 Å². The molecule has 0 spiro atoms. The van der Waals surface area contributed by atoms with E-state index in [1.807, 2.05) is 0 Å². The number of amides is 1. The van der Waals surface area contributed by atoms with Crippen LogP contribution >= 0.6 is 11.6 Å². The van der Waals surface area contributed by atoms with Crippen molar-refractivity contribution in [3.05, 3.63) is 47.1 Å². The lowest BCUT2D eigenvalue weighted by Gasteiger charge is -2.16. The average Bonchev–Trinajstić information content (AvgIpc) is 2.56. The van der Waals surface area contributed by atoms with Gasteiger partial charge in [0.1, 0.15) is 17.3 Å². The standard InChI is InChI=1S/C16H18ClFN4O/c1-3-4-7-22(2)16(23)14-9-20-15(10-19-14)21-11-5-6-13(18)12(17)8-11/h5-6,8-10H,3-4,7H2,1-2H3,(H,20,21). The summed E-state index contributed by atoms with van der Waals surface area (Å²) in [6.45, 7) is 2.76. The lowest BCUT2D eigenvalue weighted by atomic mass is 10.3. The molecule has 0 unspecified atom stereocenters. The second-order valence-electron chi connectivity index (χ2n) is 5.12. The SMILES string of the molecule is CCCCN(C)C(=O)c1cnc(Nc2ccc(F)c(Cl)c2)cn1. The number of carbonyl (C=O) groups is 1. The van der Waals surface area contributed by atoms with Gasteiger partial charge in [-0.1, -0.05) is 24.9 Å². The summed E-state index contributed by atoms with van der Waals surface area (Å²) in [5, 5.41) is 2.97. The summed E-state index contributed by atoms with van der Waals surface area (Å²) < 4.78 is 13.1. The lowest BCUT2D eigenvalue weighted by Crippen LogP contribution is -2.28. The van der Waals surface area contributed by atoms with Gasteiger partial charge < -0.3 is 10.2 Å². The Morgan fingerprint density at radius 1 is 1.35 bits per heavy atom. The zero-order chi connectivity index (χ0) is 16.8. The first-order valence-corrected chi connectivity index (χ1v) is 7.68. The van der Waals surface area contributed by atoms with Gasteiger partial charge in [-0.2, -0.15) is 0 Å². The average molecular weight is 337 g/mol. The quantitative estimate of drug-likeness (QED) is 0.869. The molecule has 1 N–H and O–H groups in total. The number of nitrogens with one attached hydrogen (secondary N) is 1. The van der Waals surface area contributed by atoms with Gasteiger partial charge in [-0.05, 0) is 24.6 Å². The first kappa shape index (κ1) is 17.1. The summed E-state index contributed by atoms with van der Waals surface area (Å²) in [6, 6.07) is 4.26. The van der Waals surface area contributed by atoms with E-state index in [4.69, 9.17) is 11.6 Å². The number of hydrogen-bond donors (Lipinski definition) is 1. The molecule has 0 saturated carbocycles. The van der Waals surface area contributed by atoms with Crippen LogP contribution in [0.3, 0.4) is 0 Å². The van der Waals surface area contributed by atoms with Crippen molar-refractivity contribution < 1.29 is 9.18 Å². The van der Waals surface area contributed by atoms with Gasteiger partial charge in [-0.15, -0.1) is 0 Å². The fraction of sp³-hybridized carbons (Fsp3) is 0.312. The van der Waals surface area contributed by atoms with E-state index in [1.54, 1.807) is 18.0 Å². The molecule has 2 rings (SSSR count). The van der Waals surface area contributed by atoms with E-state index in [9.17, 15) is 9.18 Å². The van der Waals surface area contributed by atoms with E-state index in [0.29, 0.717) is 18.1 Å². The molecule has 0 atom stereocenters. The van der Waals surface area contributed by atoms with Crippen LogP contribution in [0.5, 0.6) is 0 Å². The number of nitrogens with zero attached hydrogens (tertiary/aromatic N) is 3. The highest BCUT2D eigenvalue weighted by Crippen LogP contribution is 2.21. The van der Waals surface area contributed by atoms with Crippen molar-refractivity contribution >= 4 is 29.0 Å². The maximum absolute atomic E-state index is 13.1. The Kier molecular flexibility index (Phi) is 5.87. The summed E-state index contributed by atoms with van der Waals surface area (Å²) >= 11 is 5.72. The minimum Gasteiger partial charge on any atom is -0.340 e. The zero-order valence-corrected chi connectivity index (χ0v) is 13.8. The monoisotopic (exact) mass is 336 g/mol. The van der Waals surface area contributed by atoms with Crippen LogP contribution < -0.4 is 5.32 Å². The molecule has 1 aromatic carbocycles. The number of unbranched alkanes of at least 4 members (excludes halogenated alkanes) is 1. The van der Waals surface area contributed by atoms with Gasteiger partial charge in [0.2, 0.25) is 0 Å². The molecule has 23 heavy (non-hydrogen) atoms. The molecule has 1 aromatic heterocycles. The van der Waals surface area contributed by atoms with Crippen LogP contribution in [0.2, 0.25) is 5.02 Å². The van der Waals surface area contributed by atoms with Gasteiger partial charge in [-0.25, -0.2) is 14.4 Å². The molecule has 2 aromatic rings. The molecule has 122 valence electrons. The topological polar surface area (TPSA) is 58.1 Å². The first-order valence-electron chi connectivity index (χ1n) is 7.31. The highest BCUT2D eigenvalue weighted by atomic mass is 35.5. The summed E-state index contributed by atoms with van der Waals surface area (Å²) in [5.41, 5.74) is 0.871. The Balaban J connectivity index is 2.04. The van der Waals surface area contributed by atoms with E-state index in [2.05, 4.69) is 22.2 Å². The molecular weight excluding hydrogens is 319 g/mol. The van der Waals surface area contributed by atoms with Gasteiger partial charge >= 0.3 is 0 Å². The van der Waals surface area contributed by atoms with Crippen molar-refractivity contribution in [2.45, 2.75) is 19.8 Å². The molecule has 0 aliphatic heterocycles. The smallest absolute Gasteiger partial charge is 0.273 e. The number of halogens is 2. The van der Waals surface area contributed by atoms with E-state index < -0.39 is 5.82 Å². The van der Waals surface area contributed by atoms with Crippen LogP contribution in [0.4, 0.5) is 15.9 Å². The van der Waals surface area contributed by atoms with Gasteiger partial charge in [0.05, 0.1) is 17.4 Å². The van der Waals surface area contributed by atoms with Crippen LogP contribution in [0.1, 0.15) is 30.3 Å². The van der Waals surface area contributed by atoms with Crippen LogP contribution in [-0.4, -0.2) is 34.4 Å². The second kappa shape index (κ2) is 7.87. The summed E-state index contributed by atoms with van der Waals surface area (Å²) in [6.07, 6.45) is 4.84. The fourth-order valence-corrected chi connectivity index (χ4v) is 2.10. The highest BCUT2D eigenvalue weighted by molar-refractivity contribution is 6.31. The van der Waals surface area contributed by atoms with Crippen molar-refractivity contribution in [2.75, 3.05) is 18.9 Å². The van der Waals surface area contributed by atoms with Crippen LogP contribution in [0, 0.1) is 5.82 Å². The number of benzene rings is 1. The van der Waals surface area contributed by atoms with Gasteiger partial charge in [0, 0.05) is 19.3 Å². The molecule has 1 heterocycles. The zero-order valence-electron chi connectivity index (χ0n) is 13.0. The Morgan fingerprint density at radius 2 is 2.13 bits per heavy atom. The van der Waals surface area contributed by atoms with E-state index in [1.165, 1.54) is 24.5 Å². The molecule has 0 aliphatic rings. The molecule has 0 saturated heterocycles. The summed E-state index contributed by atoms with van der Waals surface area (Å²) in [7, 11) is 1.74. The van der Waals surface area contributed by atoms with Crippen molar-refractivity contribution in [1.82, 2.24) is 14.9 Å². The van der Waals surface area contributed by atoms with Crippen LogP contribution in [0.15, 0.2) is 30.6 Å². The Bertz CT molecular complexity index is 678. The fourth-order valence-electron chi connectivity index (χ4n) is 1.92. The number of anilines is 2. The number of rotatable bonds is 6. The van der Waals surface area contributed by atoms with Crippen molar-refractivity contribution in [2.24, 2.45) is 0 Å². The number of hydrogen-bond acceptors (Lipinski definition) is 4. The maximum atomic E-state index is 13.1. The van der Waals surface area contributed by atoms with Gasteiger partial charge in [0.15, 0.2) is 0 Å². The molecule has 0 fully saturated rings. The molecule has 0 aliphatic carbocycles. The predicted molar refractivity (Wildman–Crippen MR) is 88.6 cm³/mol. The summed E-state index contributed by atoms with van der Waals surface area (Å²) in [4.78, 5) is 22.0. The molecule has 7 heteroatoms. The molecule has 0 bridgehead atoms. The second-order valence-corrected chi connectivity index (χ2v) is 5.53. The highest BCUT2D eigenvalue weighted by Gasteiger charge is 2.13. The lowest BCUT2D eigenvalue weighted by molar-refractivity contribution is 0.0787. The molecule has 1 amide bonds. The predicted octanol–water partition coefficient (Wildman–Crippen LogP) is 3.88. The van der Waals surface area contributed by atoms with Gasteiger partial charge in [0.25, 0.3) is 5.91 Å². The van der Waals surface area contributed by atoms with E-state index >= 15 is 0 Å². The Labute approximate surface area is 139 Å². The third-order valence-electron chi connectivity index (χ3n) is 3.26. The summed E-state index contributed by atoms with van der Waals surface area (Å²) in [5.74, 6) is -0.206. The Morgan fingerprint density at radius 3 is 2.74 bits per heavy atom. The maximum Gasteiger partial charge on any atom is 0.273 e.